The highest BCUT2D eigenvalue weighted by Gasteiger charge is 2.37. The molecule has 0 spiro atoms. The molecule has 3 N–H and O–H groups in total. The van der Waals surface area contributed by atoms with Gasteiger partial charge in [0.15, 0.2) is 5.84 Å². The summed E-state index contributed by atoms with van der Waals surface area (Å²) in [5.74, 6) is -1.75. The van der Waals surface area contributed by atoms with Gasteiger partial charge in [0, 0.05) is 24.5 Å². The fourth-order valence-electron chi connectivity index (χ4n) is 3.01. The van der Waals surface area contributed by atoms with Crippen LogP contribution < -0.4 is 11.1 Å². The minimum atomic E-state index is -1.10. The molecule has 1 aromatic heterocycles. The molecule has 1 aliphatic rings. The lowest BCUT2D eigenvalue weighted by Gasteiger charge is -2.35. The van der Waals surface area contributed by atoms with Crippen LogP contribution in [-0.4, -0.2) is 41.1 Å². The van der Waals surface area contributed by atoms with E-state index in [9.17, 15) is 14.0 Å². The molecule has 2 heterocycles. The van der Waals surface area contributed by atoms with Gasteiger partial charge in [-0.05, 0) is 31.2 Å². The van der Waals surface area contributed by atoms with E-state index in [1.54, 1.807) is 14.0 Å². The summed E-state index contributed by atoms with van der Waals surface area (Å²) in [5.41, 5.74) is 5.06. The van der Waals surface area contributed by atoms with Crippen molar-refractivity contribution in [3.8, 4) is 0 Å². The Morgan fingerprint density at radius 1 is 1.34 bits per heavy atom. The van der Waals surface area contributed by atoms with Crippen molar-refractivity contribution in [1.29, 1.82) is 0 Å². The van der Waals surface area contributed by atoms with Gasteiger partial charge in [-0.2, -0.15) is 0 Å². The summed E-state index contributed by atoms with van der Waals surface area (Å²) in [7, 11) is 1.56. The van der Waals surface area contributed by atoms with E-state index in [1.165, 1.54) is 35.4 Å². The third kappa shape index (κ3) is 4.60. The Kier molecular flexibility index (Phi) is 6.72. The molecule has 2 amide bonds. The number of benzene rings is 1. The van der Waals surface area contributed by atoms with Crippen LogP contribution in [0.2, 0.25) is 10.0 Å². The van der Waals surface area contributed by atoms with Gasteiger partial charge in [0.05, 0.1) is 16.6 Å². The van der Waals surface area contributed by atoms with E-state index in [-0.39, 0.29) is 41.1 Å². The van der Waals surface area contributed by atoms with Gasteiger partial charge < -0.3 is 16.0 Å². The van der Waals surface area contributed by atoms with Gasteiger partial charge in [0.1, 0.15) is 17.1 Å². The number of aliphatic imine (C=N–C) groups is 1. The number of carbonyl (C=O) groups excluding carboxylic acids is 2. The van der Waals surface area contributed by atoms with Crippen molar-refractivity contribution < 1.29 is 14.0 Å². The first-order valence-electron chi connectivity index (χ1n) is 8.14. The number of nitrogens with two attached hydrogens (primary N) is 1. The number of rotatable bonds is 3. The molecular weight excluding hydrogens is 444 g/mol. The monoisotopic (exact) mass is 459 g/mol. The van der Waals surface area contributed by atoms with Crippen LogP contribution in [0.1, 0.15) is 23.0 Å². The van der Waals surface area contributed by atoms with Gasteiger partial charge in [-0.3, -0.25) is 14.6 Å². The SMILES string of the molecule is CN1CC(C)(c2cc(NC(=O)c3ncc(Cl)cc3Cl)ccc2F)N=C(N)C1=O.Cl. The maximum Gasteiger partial charge on any atom is 0.288 e. The standard InChI is InChI=1S/C18H16Cl2FN5O2.ClH/c1-18(8-26(2)17(28)15(22)25-18)11-6-10(3-4-13(11)21)24-16(27)14-12(20)5-9(19)7-23-14;/h3-7H,8H2,1-2H3,(H2,22,25)(H,24,27);1H. The van der Waals surface area contributed by atoms with Crippen LogP contribution in [0.3, 0.4) is 0 Å². The Labute approximate surface area is 182 Å². The van der Waals surface area contributed by atoms with E-state index in [0.717, 1.165) is 0 Å². The predicted molar refractivity (Wildman–Crippen MR) is 112 cm³/mol. The van der Waals surface area contributed by atoms with Gasteiger partial charge in [0.25, 0.3) is 11.8 Å². The van der Waals surface area contributed by atoms with Crippen LogP contribution in [0.5, 0.6) is 0 Å². The van der Waals surface area contributed by atoms with Crippen molar-refractivity contribution in [2.45, 2.75) is 12.5 Å². The number of nitrogens with one attached hydrogen (secondary N) is 1. The zero-order chi connectivity index (χ0) is 20.6. The number of aromatic nitrogens is 1. The Hall–Kier alpha value is -2.42. The number of anilines is 1. The third-order valence-electron chi connectivity index (χ3n) is 4.31. The number of hydrogen-bond donors (Lipinski definition) is 2. The highest BCUT2D eigenvalue weighted by atomic mass is 35.5. The van der Waals surface area contributed by atoms with Gasteiger partial charge in [-0.15, -0.1) is 12.4 Å². The largest absolute Gasteiger partial charge is 0.379 e. The zero-order valence-corrected chi connectivity index (χ0v) is 17.7. The highest BCUT2D eigenvalue weighted by molar-refractivity contribution is 6.37. The second kappa shape index (κ2) is 8.52. The molecule has 11 heteroatoms. The topological polar surface area (TPSA) is 101 Å². The lowest BCUT2D eigenvalue weighted by atomic mass is 9.89. The zero-order valence-electron chi connectivity index (χ0n) is 15.4. The van der Waals surface area contributed by atoms with E-state index in [4.69, 9.17) is 28.9 Å². The number of pyridine rings is 1. The molecule has 154 valence electrons. The lowest BCUT2D eigenvalue weighted by molar-refractivity contribution is -0.124. The van der Waals surface area contributed by atoms with Crippen LogP contribution in [0.4, 0.5) is 10.1 Å². The summed E-state index contributed by atoms with van der Waals surface area (Å²) in [6, 6.07) is 5.44. The van der Waals surface area contributed by atoms with Crippen molar-refractivity contribution in [3.63, 3.8) is 0 Å². The number of nitrogens with zero attached hydrogens (tertiary/aromatic N) is 3. The molecule has 0 aliphatic carbocycles. The normalized spacial score (nSPS) is 18.7. The first-order chi connectivity index (χ1) is 13.1. The quantitative estimate of drug-likeness (QED) is 0.734. The van der Waals surface area contributed by atoms with E-state index < -0.39 is 23.2 Å². The summed E-state index contributed by atoms with van der Waals surface area (Å²) in [6.07, 6.45) is 1.30. The molecule has 0 saturated heterocycles. The Morgan fingerprint density at radius 3 is 2.66 bits per heavy atom. The molecule has 1 aliphatic heterocycles. The number of amidine groups is 1. The molecular formula is C18H17Cl3FN5O2. The second-order valence-corrected chi connectivity index (χ2v) is 7.41. The van der Waals surface area contributed by atoms with E-state index >= 15 is 0 Å². The van der Waals surface area contributed by atoms with Gasteiger partial charge in [-0.1, -0.05) is 23.2 Å². The van der Waals surface area contributed by atoms with Crippen molar-refractivity contribution in [2.24, 2.45) is 10.7 Å². The fraction of sp³-hybridized carbons (Fsp3) is 0.222. The molecule has 1 unspecified atom stereocenters. The molecule has 2 aromatic rings. The fourth-order valence-corrected chi connectivity index (χ4v) is 3.48. The first kappa shape index (κ1) is 22.9. The highest BCUT2D eigenvalue weighted by Crippen LogP contribution is 2.33. The summed E-state index contributed by atoms with van der Waals surface area (Å²) in [4.78, 5) is 33.8. The number of carbonyl (C=O) groups is 2. The van der Waals surface area contributed by atoms with Crippen molar-refractivity contribution in [3.05, 3.63) is 57.6 Å². The lowest BCUT2D eigenvalue weighted by Crippen LogP contribution is -2.50. The second-order valence-electron chi connectivity index (χ2n) is 6.56. The van der Waals surface area contributed by atoms with Gasteiger partial charge >= 0.3 is 0 Å². The Morgan fingerprint density at radius 2 is 2.03 bits per heavy atom. The van der Waals surface area contributed by atoms with Crippen LogP contribution in [-0.2, 0) is 10.3 Å². The van der Waals surface area contributed by atoms with Crippen molar-refractivity contribution >= 4 is 58.9 Å². The summed E-state index contributed by atoms with van der Waals surface area (Å²) in [6.45, 7) is 1.79. The smallest absolute Gasteiger partial charge is 0.288 e. The number of likely N-dealkylation sites (N-methyl/N-ethyl adjacent to an activating group) is 1. The first-order valence-corrected chi connectivity index (χ1v) is 8.89. The van der Waals surface area contributed by atoms with Crippen LogP contribution >= 0.6 is 35.6 Å². The van der Waals surface area contributed by atoms with Crippen LogP contribution in [0.15, 0.2) is 35.5 Å². The number of hydrogen-bond acceptors (Lipinski definition) is 5. The average Bonchev–Trinajstić information content (AvgIpc) is 2.61. The molecule has 0 saturated carbocycles. The molecule has 7 nitrogen and oxygen atoms in total. The molecule has 0 bridgehead atoms. The van der Waals surface area contributed by atoms with Crippen molar-refractivity contribution in [1.82, 2.24) is 9.88 Å². The van der Waals surface area contributed by atoms with Crippen molar-refractivity contribution in [2.75, 3.05) is 18.9 Å². The maximum absolute atomic E-state index is 14.5. The summed E-state index contributed by atoms with van der Waals surface area (Å²) >= 11 is 11.8. The number of amides is 2. The van der Waals surface area contributed by atoms with E-state index in [2.05, 4.69) is 15.3 Å². The third-order valence-corrected chi connectivity index (χ3v) is 4.80. The van der Waals surface area contributed by atoms with Crippen LogP contribution in [0, 0.1) is 5.82 Å². The molecule has 0 fully saturated rings. The van der Waals surface area contributed by atoms with E-state index in [1.807, 2.05) is 0 Å². The molecule has 1 aromatic carbocycles. The average molecular weight is 461 g/mol. The summed E-state index contributed by atoms with van der Waals surface area (Å²) < 4.78 is 14.5. The Balaban J connectivity index is 0.00000300. The molecule has 29 heavy (non-hydrogen) atoms. The summed E-state index contributed by atoms with van der Waals surface area (Å²) in [5, 5.41) is 3.00. The minimum Gasteiger partial charge on any atom is -0.379 e. The maximum atomic E-state index is 14.5. The molecule has 1 atom stereocenters. The predicted octanol–water partition coefficient (Wildman–Crippen LogP) is 3.25. The van der Waals surface area contributed by atoms with Gasteiger partial charge in [-0.25, -0.2) is 9.37 Å². The van der Waals surface area contributed by atoms with E-state index in [0.29, 0.717) is 10.7 Å². The number of halogens is 4. The van der Waals surface area contributed by atoms with Crippen LogP contribution in [0.25, 0.3) is 0 Å². The molecule has 0 radical (unpaired) electrons. The molecule has 3 rings (SSSR count). The Bertz CT molecular complexity index is 1020. The minimum absolute atomic E-state index is 0. The van der Waals surface area contributed by atoms with Gasteiger partial charge in [0.2, 0.25) is 0 Å².